The fraction of sp³-hybridized carbons (Fsp3) is 0.143. The highest BCUT2D eigenvalue weighted by molar-refractivity contribution is 5.93. The lowest BCUT2D eigenvalue weighted by Gasteiger charge is -2.00. The highest BCUT2D eigenvalue weighted by Gasteiger charge is 2.13. The first-order valence-electron chi connectivity index (χ1n) is 8.98. The fourth-order valence-electron chi connectivity index (χ4n) is 2.71. The summed E-state index contributed by atoms with van der Waals surface area (Å²) < 4.78 is 10.5. The van der Waals surface area contributed by atoms with E-state index < -0.39 is 0 Å². The highest BCUT2D eigenvalue weighted by atomic mass is 16.5. The minimum absolute atomic E-state index is 0.253. The van der Waals surface area contributed by atoms with Crippen molar-refractivity contribution in [2.75, 3.05) is 6.54 Å². The maximum atomic E-state index is 12.2. The molecule has 0 saturated carbocycles. The monoisotopic (exact) mass is 374 g/mol. The Bertz CT molecular complexity index is 1040. The van der Waals surface area contributed by atoms with Gasteiger partial charge in [0.25, 0.3) is 5.91 Å². The summed E-state index contributed by atoms with van der Waals surface area (Å²) in [6.45, 7) is 0.468. The number of carbonyl (C=O) groups is 1. The van der Waals surface area contributed by atoms with Crippen molar-refractivity contribution < 1.29 is 13.8 Å². The van der Waals surface area contributed by atoms with Gasteiger partial charge in [-0.25, -0.2) is 0 Å². The van der Waals surface area contributed by atoms with Crippen LogP contribution in [0.1, 0.15) is 22.8 Å². The van der Waals surface area contributed by atoms with Crippen LogP contribution in [0.3, 0.4) is 0 Å². The Morgan fingerprint density at radius 2 is 1.61 bits per heavy atom. The Morgan fingerprint density at radius 1 is 0.893 bits per heavy atom. The van der Waals surface area contributed by atoms with Gasteiger partial charge in [-0.1, -0.05) is 71.0 Å². The number of amides is 1. The second-order valence-electron chi connectivity index (χ2n) is 6.18. The third-order valence-electron chi connectivity index (χ3n) is 4.15. The number of aryl methyl sites for hydroxylation is 1. The third-order valence-corrected chi connectivity index (χ3v) is 4.15. The zero-order chi connectivity index (χ0) is 19.2. The van der Waals surface area contributed by atoms with Crippen LogP contribution in [0, 0.1) is 0 Å². The van der Waals surface area contributed by atoms with Crippen molar-refractivity contribution in [1.29, 1.82) is 0 Å². The van der Waals surface area contributed by atoms with Crippen molar-refractivity contribution >= 4 is 5.91 Å². The van der Waals surface area contributed by atoms with E-state index in [9.17, 15) is 4.79 Å². The van der Waals surface area contributed by atoms with E-state index >= 15 is 0 Å². The molecule has 28 heavy (non-hydrogen) atoms. The van der Waals surface area contributed by atoms with E-state index in [4.69, 9.17) is 9.05 Å². The van der Waals surface area contributed by atoms with Crippen LogP contribution in [0.2, 0.25) is 0 Å². The van der Waals surface area contributed by atoms with Crippen molar-refractivity contribution in [3.8, 4) is 22.7 Å². The van der Waals surface area contributed by atoms with E-state index in [1.165, 1.54) is 0 Å². The van der Waals surface area contributed by atoms with Gasteiger partial charge < -0.3 is 14.4 Å². The van der Waals surface area contributed by atoms with E-state index in [1.54, 1.807) is 6.07 Å². The quantitative estimate of drug-likeness (QED) is 0.495. The van der Waals surface area contributed by atoms with Crippen molar-refractivity contribution in [2.24, 2.45) is 0 Å². The molecule has 1 amide bonds. The van der Waals surface area contributed by atoms with E-state index in [-0.39, 0.29) is 11.6 Å². The standard InChI is InChI=1S/C21H18N4O3/c26-21(17-14-18(27-24-17)15-8-3-1-4-9-15)22-13-7-12-19-23-20(25-28-19)16-10-5-2-6-11-16/h1-6,8-11,14H,7,12-13H2,(H,22,26). The number of aromatic nitrogens is 3. The van der Waals surface area contributed by atoms with Gasteiger partial charge in [-0.05, 0) is 6.42 Å². The Morgan fingerprint density at radius 3 is 2.36 bits per heavy atom. The summed E-state index contributed by atoms with van der Waals surface area (Å²) in [6.07, 6.45) is 1.25. The van der Waals surface area contributed by atoms with Crippen LogP contribution in [-0.4, -0.2) is 27.7 Å². The predicted octanol–water partition coefficient (Wildman–Crippen LogP) is 3.75. The number of hydrogen-bond acceptors (Lipinski definition) is 6. The molecule has 0 aliphatic rings. The summed E-state index contributed by atoms with van der Waals surface area (Å²) in [6, 6.07) is 20.8. The van der Waals surface area contributed by atoms with Gasteiger partial charge in [-0.3, -0.25) is 4.79 Å². The molecule has 0 unspecified atom stereocenters. The van der Waals surface area contributed by atoms with Crippen molar-refractivity contribution in [1.82, 2.24) is 20.6 Å². The predicted molar refractivity (Wildman–Crippen MR) is 102 cm³/mol. The molecule has 0 bridgehead atoms. The number of hydrogen-bond donors (Lipinski definition) is 1. The van der Waals surface area contributed by atoms with Crippen molar-refractivity contribution in [3.63, 3.8) is 0 Å². The summed E-state index contributed by atoms with van der Waals surface area (Å²) in [5.41, 5.74) is 2.04. The first-order valence-corrected chi connectivity index (χ1v) is 8.98. The van der Waals surface area contributed by atoms with E-state index in [1.807, 2.05) is 60.7 Å². The van der Waals surface area contributed by atoms with E-state index in [0.29, 0.717) is 36.9 Å². The summed E-state index contributed by atoms with van der Waals surface area (Å²) in [4.78, 5) is 16.6. The van der Waals surface area contributed by atoms with Gasteiger partial charge in [0.15, 0.2) is 11.5 Å². The number of nitrogens with one attached hydrogen (secondary N) is 1. The Hall–Kier alpha value is -3.74. The van der Waals surface area contributed by atoms with E-state index in [0.717, 1.165) is 11.1 Å². The molecule has 0 spiro atoms. The lowest BCUT2D eigenvalue weighted by Crippen LogP contribution is -2.25. The number of benzene rings is 2. The number of nitrogens with zero attached hydrogens (tertiary/aromatic N) is 3. The highest BCUT2D eigenvalue weighted by Crippen LogP contribution is 2.19. The summed E-state index contributed by atoms with van der Waals surface area (Å²) in [5, 5.41) is 10.6. The largest absolute Gasteiger partial charge is 0.355 e. The molecule has 0 radical (unpaired) electrons. The first kappa shape index (κ1) is 17.7. The molecule has 7 nitrogen and oxygen atoms in total. The molecular weight excluding hydrogens is 356 g/mol. The molecule has 7 heteroatoms. The molecular formula is C21H18N4O3. The summed E-state index contributed by atoms with van der Waals surface area (Å²) in [7, 11) is 0. The van der Waals surface area contributed by atoms with Crippen LogP contribution in [0.15, 0.2) is 75.8 Å². The van der Waals surface area contributed by atoms with Crippen LogP contribution in [-0.2, 0) is 6.42 Å². The molecule has 2 aromatic heterocycles. The minimum atomic E-state index is -0.276. The summed E-state index contributed by atoms with van der Waals surface area (Å²) >= 11 is 0. The van der Waals surface area contributed by atoms with Gasteiger partial charge in [0, 0.05) is 30.2 Å². The normalized spacial score (nSPS) is 10.7. The molecule has 4 rings (SSSR count). The second-order valence-corrected chi connectivity index (χ2v) is 6.18. The fourth-order valence-corrected chi connectivity index (χ4v) is 2.71. The van der Waals surface area contributed by atoms with Crippen LogP contribution in [0.5, 0.6) is 0 Å². The molecule has 0 fully saturated rings. The lowest BCUT2D eigenvalue weighted by atomic mass is 10.1. The zero-order valence-electron chi connectivity index (χ0n) is 15.0. The SMILES string of the molecule is O=C(NCCCc1nc(-c2ccccc2)no1)c1cc(-c2ccccc2)on1. The third kappa shape index (κ3) is 4.15. The van der Waals surface area contributed by atoms with E-state index in [2.05, 4.69) is 20.6 Å². The smallest absolute Gasteiger partial charge is 0.273 e. The van der Waals surface area contributed by atoms with Gasteiger partial charge in [0.2, 0.25) is 11.7 Å². The maximum absolute atomic E-state index is 12.2. The van der Waals surface area contributed by atoms with Crippen LogP contribution in [0.25, 0.3) is 22.7 Å². The lowest BCUT2D eigenvalue weighted by molar-refractivity contribution is 0.0944. The van der Waals surface area contributed by atoms with Crippen LogP contribution in [0.4, 0.5) is 0 Å². The Kier molecular flexibility index (Phi) is 5.24. The molecule has 0 saturated heterocycles. The van der Waals surface area contributed by atoms with Gasteiger partial charge >= 0.3 is 0 Å². The molecule has 140 valence electrons. The number of rotatable bonds is 7. The molecule has 2 aromatic carbocycles. The van der Waals surface area contributed by atoms with Gasteiger partial charge in [0.1, 0.15) is 0 Å². The van der Waals surface area contributed by atoms with Crippen molar-refractivity contribution in [2.45, 2.75) is 12.8 Å². The second kappa shape index (κ2) is 8.30. The van der Waals surface area contributed by atoms with Crippen LogP contribution < -0.4 is 5.32 Å². The first-order chi connectivity index (χ1) is 13.8. The molecule has 4 aromatic rings. The van der Waals surface area contributed by atoms with Gasteiger partial charge in [0.05, 0.1) is 0 Å². The van der Waals surface area contributed by atoms with Gasteiger partial charge in [-0.2, -0.15) is 4.98 Å². The average molecular weight is 374 g/mol. The minimum Gasteiger partial charge on any atom is -0.355 e. The van der Waals surface area contributed by atoms with Crippen LogP contribution >= 0.6 is 0 Å². The Labute approximate surface area is 161 Å². The Balaban J connectivity index is 1.26. The van der Waals surface area contributed by atoms with Crippen molar-refractivity contribution in [3.05, 3.63) is 78.3 Å². The average Bonchev–Trinajstić information content (AvgIpc) is 3.42. The molecule has 0 aliphatic carbocycles. The molecule has 0 atom stereocenters. The molecule has 2 heterocycles. The molecule has 0 aliphatic heterocycles. The number of carbonyl (C=O) groups excluding carboxylic acids is 1. The molecule has 1 N–H and O–H groups in total. The summed E-state index contributed by atoms with van der Waals surface area (Å²) in [5.74, 6) is 1.39. The maximum Gasteiger partial charge on any atom is 0.273 e. The van der Waals surface area contributed by atoms with Gasteiger partial charge in [-0.15, -0.1) is 0 Å². The zero-order valence-corrected chi connectivity index (χ0v) is 15.0. The topological polar surface area (TPSA) is 94.1 Å².